The third-order valence-electron chi connectivity index (χ3n) is 2.91. The van der Waals surface area contributed by atoms with Crippen molar-refractivity contribution in [3.8, 4) is 12.1 Å². The van der Waals surface area contributed by atoms with Gasteiger partial charge in [-0.15, -0.1) is 0 Å². The lowest BCUT2D eigenvalue weighted by atomic mass is 10.0. The molecule has 0 aliphatic rings. The molecule has 0 aromatic carbocycles. The summed E-state index contributed by atoms with van der Waals surface area (Å²) in [5.41, 5.74) is -1.43. The van der Waals surface area contributed by atoms with Crippen LogP contribution in [-0.4, -0.2) is 36.4 Å². The van der Waals surface area contributed by atoms with E-state index >= 15 is 0 Å². The molecule has 9 nitrogen and oxygen atoms in total. The number of anilines is 1. The number of nitriles is 2. The molecular formula is C14H11N7O2. The van der Waals surface area contributed by atoms with Crippen LogP contribution in [0.2, 0.25) is 0 Å². The highest BCUT2D eigenvalue weighted by Gasteiger charge is 2.33. The number of rotatable bonds is 5. The number of hydrogen-bond donors (Lipinski definition) is 2. The van der Waals surface area contributed by atoms with Gasteiger partial charge < -0.3 is 10.4 Å². The zero-order valence-corrected chi connectivity index (χ0v) is 11.8. The molecule has 0 spiro atoms. The first kappa shape index (κ1) is 15.8. The first-order valence-electron chi connectivity index (χ1n) is 6.33. The first-order chi connectivity index (χ1) is 11.0. The SMILES string of the molecule is C=CC(O)(Cn1cc(C#N)cn1)C(=O)Nc1cnc(C#N)nc1. The largest absolute Gasteiger partial charge is 0.374 e. The summed E-state index contributed by atoms with van der Waals surface area (Å²) >= 11 is 0. The number of nitrogens with zero attached hydrogens (tertiary/aromatic N) is 6. The van der Waals surface area contributed by atoms with Crippen molar-refractivity contribution < 1.29 is 9.90 Å². The standard InChI is InChI=1S/C14H11N7O2/c1-2-14(23,9-21-8-10(3-15)5-19-21)13(22)20-11-6-17-12(4-16)18-7-11/h2,5-8,23H,1,9H2,(H,20,22). The Balaban J connectivity index is 2.14. The molecule has 2 aromatic rings. The fourth-order valence-corrected chi connectivity index (χ4v) is 1.67. The Labute approximate surface area is 131 Å². The third kappa shape index (κ3) is 3.56. The van der Waals surface area contributed by atoms with E-state index in [2.05, 4.69) is 27.0 Å². The van der Waals surface area contributed by atoms with Crippen LogP contribution in [0.1, 0.15) is 11.4 Å². The van der Waals surface area contributed by atoms with Gasteiger partial charge in [-0.2, -0.15) is 15.6 Å². The second-order valence-corrected chi connectivity index (χ2v) is 4.53. The lowest BCUT2D eigenvalue weighted by molar-refractivity contribution is -0.130. The van der Waals surface area contributed by atoms with E-state index in [0.29, 0.717) is 5.56 Å². The summed E-state index contributed by atoms with van der Waals surface area (Å²) in [4.78, 5) is 19.7. The van der Waals surface area contributed by atoms with Gasteiger partial charge in [-0.05, 0) is 6.08 Å². The molecule has 1 atom stereocenters. The van der Waals surface area contributed by atoms with Crippen molar-refractivity contribution in [3.63, 3.8) is 0 Å². The molecule has 9 heteroatoms. The number of carbonyl (C=O) groups excluding carboxylic acids is 1. The van der Waals surface area contributed by atoms with E-state index in [0.717, 1.165) is 6.08 Å². The van der Waals surface area contributed by atoms with Gasteiger partial charge in [0.1, 0.15) is 12.1 Å². The van der Waals surface area contributed by atoms with E-state index in [-0.39, 0.29) is 18.1 Å². The normalized spacial score (nSPS) is 12.5. The molecule has 2 heterocycles. The van der Waals surface area contributed by atoms with Crippen molar-refractivity contribution in [2.75, 3.05) is 5.32 Å². The van der Waals surface area contributed by atoms with Crippen LogP contribution in [-0.2, 0) is 11.3 Å². The molecule has 1 unspecified atom stereocenters. The molecule has 0 fully saturated rings. The minimum atomic E-state index is -1.95. The van der Waals surface area contributed by atoms with E-state index in [4.69, 9.17) is 10.5 Å². The monoisotopic (exact) mass is 309 g/mol. The highest BCUT2D eigenvalue weighted by atomic mass is 16.3. The molecule has 0 aliphatic heterocycles. The Bertz CT molecular complexity index is 813. The van der Waals surface area contributed by atoms with Gasteiger partial charge in [0.25, 0.3) is 5.91 Å². The molecule has 2 aromatic heterocycles. The number of carbonyl (C=O) groups is 1. The lowest BCUT2D eigenvalue weighted by Gasteiger charge is -2.23. The Morgan fingerprint density at radius 2 is 2.09 bits per heavy atom. The molecular weight excluding hydrogens is 298 g/mol. The summed E-state index contributed by atoms with van der Waals surface area (Å²) in [5.74, 6) is -0.808. The average molecular weight is 309 g/mol. The van der Waals surface area contributed by atoms with Crippen LogP contribution in [0, 0.1) is 22.7 Å². The predicted octanol–water partition coefficient (Wildman–Crippen LogP) is -0.0277. The van der Waals surface area contributed by atoms with Gasteiger partial charge in [0.15, 0.2) is 5.60 Å². The first-order valence-corrected chi connectivity index (χ1v) is 6.33. The van der Waals surface area contributed by atoms with Crippen LogP contribution in [0.4, 0.5) is 5.69 Å². The maximum absolute atomic E-state index is 12.2. The molecule has 2 N–H and O–H groups in total. The second kappa shape index (κ2) is 6.47. The van der Waals surface area contributed by atoms with E-state index in [1.807, 2.05) is 6.07 Å². The fourth-order valence-electron chi connectivity index (χ4n) is 1.67. The molecule has 23 heavy (non-hydrogen) atoms. The number of amides is 1. The van der Waals surface area contributed by atoms with Gasteiger partial charge in [0, 0.05) is 6.20 Å². The zero-order valence-electron chi connectivity index (χ0n) is 11.8. The van der Waals surface area contributed by atoms with Crippen LogP contribution < -0.4 is 5.32 Å². The third-order valence-corrected chi connectivity index (χ3v) is 2.91. The predicted molar refractivity (Wildman–Crippen MR) is 77.5 cm³/mol. The molecule has 0 bridgehead atoms. The Kier molecular flexibility index (Phi) is 4.45. The smallest absolute Gasteiger partial charge is 0.262 e. The summed E-state index contributed by atoms with van der Waals surface area (Å²) in [5, 5.41) is 34.1. The molecule has 0 saturated carbocycles. The van der Waals surface area contributed by atoms with Crippen molar-refractivity contribution in [2.24, 2.45) is 0 Å². The Morgan fingerprint density at radius 3 is 2.61 bits per heavy atom. The summed E-state index contributed by atoms with van der Waals surface area (Å²) in [6, 6.07) is 3.65. The maximum atomic E-state index is 12.2. The van der Waals surface area contributed by atoms with Crippen molar-refractivity contribution >= 4 is 11.6 Å². The minimum absolute atomic E-state index is 0.0393. The van der Waals surface area contributed by atoms with Gasteiger partial charge in [-0.25, -0.2) is 9.97 Å². The zero-order chi connectivity index (χ0) is 16.9. The highest BCUT2D eigenvalue weighted by molar-refractivity contribution is 5.98. The summed E-state index contributed by atoms with van der Waals surface area (Å²) in [7, 11) is 0. The Hall–Kier alpha value is -3.56. The summed E-state index contributed by atoms with van der Waals surface area (Å²) in [6.45, 7) is 3.23. The van der Waals surface area contributed by atoms with Crippen molar-refractivity contribution in [1.29, 1.82) is 10.5 Å². The minimum Gasteiger partial charge on any atom is -0.374 e. The molecule has 114 valence electrons. The van der Waals surface area contributed by atoms with Gasteiger partial charge >= 0.3 is 0 Å². The lowest BCUT2D eigenvalue weighted by Crippen LogP contribution is -2.44. The summed E-state index contributed by atoms with van der Waals surface area (Å²) < 4.78 is 1.26. The average Bonchev–Trinajstić information content (AvgIpc) is 3.02. The number of nitrogens with one attached hydrogen (secondary N) is 1. The van der Waals surface area contributed by atoms with E-state index < -0.39 is 11.5 Å². The van der Waals surface area contributed by atoms with Crippen LogP contribution in [0.15, 0.2) is 37.4 Å². The van der Waals surface area contributed by atoms with Gasteiger partial charge in [-0.3, -0.25) is 9.48 Å². The quantitative estimate of drug-likeness (QED) is 0.739. The van der Waals surface area contributed by atoms with Crippen molar-refractivity contribution in [3.05, 3.63) is 48.8 Å². The fraction of sp³-hybridized carbons (Fsp3) is 0.143. The van der Waals surface area contributed by atoms with Gasteiger partial charge in [-0.1, -0.05) is 6.58 Å². The van der Waals surface area contributed by atoms with Crippen LogP contribution in [0.25, 0.3) is 0 Å². The van der Waals surface area contributed by atoms with Crippen LogP contribution in [0.5, 0.6) is 0 Å². The number of hydrogen-bond acceptors (Lipinski definition) is 7. The molecule has 1 amide bonds. The van der Waals surface area contributed by atoms with E-state index in [1.54, 1.807) is 6.07 Å². The van der Waals surface area contributed by atoms with E-state index in [1.165, 1.54) is 29.5 Å². The summed E-state index contributed by atoms with van der Waals surface area (Å²) in [6.07, 6.45) is 6.27. The van der Waals surface area contributed by atoms with Crippen LogP contribution >= 0.6 is 0 Å². The number of aliphatic hydroxyl groups is 1. The van der Waals surface area contributed by atoms with Crippen LogP contribution in [0.3, 0.4) is 0 Å². The topological polar surface area (TPSA) is 141 Å². The highest BCUT2D eigenvalue weighted by Crippen LogP contribution is 2.14. The van der Waals surface area contributed by atoms with E-state index in [9.17, 15) is 9.90 Å². The Morgan fingerprint density at radius 1 is 1.39 bits per heavy atom. The molecule has 0 saturated heterocycles. The van der Waals surface area contributed by atoms with Gasteiger partial charge in [0.05, 0.1) is 36.4 Å². The molecule has 2 rings (SSSR count). The van der Waals surface area contributed by atoms with Crippen molar-refractivity contribution in [1.82, 2.24) is 19.7 Å². The second-order valence-electron chi connectivity index (χ2n) is 4.53. The van der Waals surface area contributed by atoms with Gasteiger partial charge in [0.2, 0.25) is 5.82 Å². The molecule has 0 aliphatic carbocycles. The maximum Gasteiger partial charge on any atom is 0.262 e. The van der Waals surface area contributed by atoms with Crippen molar-refractivity contribution in [2.45, 2.75) is 12.1 Å². The number of aromatic nitrogens is 4. The molecule has 0 radical (unpaired) electrons.